The van der Waals surface area contributed by atoms with Crippen LogP contribution in [0.1, 0.15) is 30.9 Å². The van der Waals surface area contributed by atoms with Crippen LogP contribution in [0.25, 0.3) is 0 Å². The molecule has 1 rings (SSSR count). The first kappa shape index (κ1) is 15.8. The van der Waals surface area contributed by atoms with E-state index in [9.17, 15) is 10.1 Å². The summed E-state index contributed by atoms with van der Waals surface area (Å²) in [5.74, 6) is -1.40. The molecule has 0 aliphatic rings. The number of hydrogen-bond donors (Lipinski definition) is 0. The Balaban J connectivity index is 2.96. The third kappa shape index (κ3) is 3.89. The van der Waals surface area contributed by atoms with E-state index in [1.807, 2.05) is 12.1 Å². The lowest BCUT2D eigenvalue weighted by molar-refractivity contribution is -0.168. The van der Waals surface area contributed by atoms with Gasteiger partial charge in [-0.1, -0.05) is 12.1 Å². The molecular formula is C15H16N2O3. The van der Waals surface area contributed by atoms with Crippen LogP contribution in [0.2, 0.25) is 0 Å². The second kappa shape index (κ2) is 8.06. The molecule has 5 heteroatoms. The first-order chi connectivity index (χ1) is 9.67. The molecule has 0 radical (unpaired) electrons. The number of nitrogens with zero attached hydrogens (tertiary/aromatic N) is 2. The lowest BCUT2D eigenvalue weighted by Crippen LogP contribution is -2.31. The van der Waals surface area contributed by atoms with Gasteiger partial charge in [-0.2, -0.15) is 10.5 Å². The molecule has 0 saturated carbocycles. The van der Waals surface area contributed by atoms with Crippen LogP contribution in [0, 0.1) is 22.7 Å². The minimum absolute atomic E-state index is 0.321. The minimum Gasteiger partial charge on any atom is -0.346 e. The van der Waals surface area contributed by atoms with Crippen molar-refractivity contribution in [2.24, 2.45) is 0 Å². The van der Waals surface area contributed by atoms with Gasteiger partial charge in [0.15, 0.2) is 0 Å². The maximum Gasteiger partial charge on any atom is 0.219 e. The Kier molecular flexibility index (Phi) is 6.39. The summed E-state index contributed by atoms with van der Waals surface area (Å²) in [6, 6.07) is 10.3. The maximum atomic E-state index is 12.3. The van der Waals surface area contributed by atoms with Gasteiger partial charge in [0.25, 0.3) is 0 Å². The first-order valence-electron chi connectivity index (χ1n) is 6.34. The van der Waals surface area contributed by atoms with Crippen molar-refractivity contribution in [1.82, 2.24) is 0 Å². The number of ether oxygens (including phenoxy) is 2. The summed E-state index contributed by atoms with van der Waals surface area (Å²) in [7, 11) is 0. The Morgan fingerprint density at radius 1 is 1.15 bits per heavy atom. The fraction of sp³-hybridized carbons (Fsp3) is 0.400. The molecular weight excluding hydrogens is 256 g/mol. The van der Waals surface area contributed by atoms with E-state index in [0.717, 1.165) is 0 Å². The normalized spacial score (nSPS) is 11.7. The Morgan fingerprint density at radius 3 is 2.10 bits per heavy atom. The van der Waals surface area contributed by atoms with E-state index < -0.39 is 18.0 Å². The van der Waals surface area contributed by atoms with Gasteiger partial charge < -0.3 is 9.47 Å². The minimum atomic E-state index is -1.04. The van der Waals surface area contributed by atoms with Gasteiger partial charge in [0.1, 0.15) is 5.92 Å². The van der Waals surface area contributed by atoms with Crippen molar-refractivity contribution in [3.8, 4) is 12.1 Å². The van der Waals surface area contributed by atoms with Crippen molar-refractivity contribution in [2.75, 3.05) is 13.2 Å². The number of carbonyl (C=O) groups excluding carboxylic acids is 1. The summed E-state index contributed by atoms with van der Waals surface area (Å²) in [6.45, 7) is 4.15. The second-order valence-corrected chi connectivity index (χ2v) is 3.94. The van der Waals surface area contributed by atoms with E-state index in [-0.39, 0.29) is 0 Å². The SMILES string of the molecule is CCOC(OCC)C(=O)[C@H](C#N)c1ccc(C#N)cc1. The lowest BCUT2D eigenvalue weighted by atomic mass is 9.95. The van der Waals surface area contributed by atoms with Crippen LogP contribution in [0.3, 0.4) is 0 Å². The topological polar surface area (TPSA) is 83.1 Å². The van der Waals surface area contributed by atoms with Crippen LogP contribution in [0.5, 0.6) is 0 Å². The number of carbonyl (C=O) groups is 1. The number of nitriles is 2. The summed E-state index contributed by atoms with van der Waals surface area (Å²) in [5.41, 5.74) is 1.00. The van der Waals surface area contributed by atoms with Crippen LogP contribution < -0.4 is 0 Å². The third-order valence-corrected chi connectivity index (χ3v) is 2.66. The van der Waals surface area contributed by atoms with Crippen molar-refractivity contribution in [3.05, 3.63) is 35.4 Å². The highest BCUT2D eigenvalue weighted by molar-refractivity contribution is 5.91. The van der Waals surface area contributed by atoms with Gasteiger partial charge in [0.05, 0.1) is 17.7 Å². The molecule has 0 heterocycles. The monoisotopic (exact) mass is 272 g/mol. The maximum absolute atomic E-state index is 12.3. The van der Waals surface area contributed by atoms with Crippen LogP contribution in [-0.4, -0.2) is 25.3 Å². The fourth-order valence-electron chi connectivity index (χ4n) is 1.70. The third-order valence-electron chi connectivity index (χ3n) is 2.66. The summed E-state index contributed by atoms with van der Waals surface area (Å²) < 4.78 is 10.4. The van der Waals surface area contributed by atoms with Crippen molar-refractivity contribution in [3.63, 3.8) is 0 Å². The molecule has 1 aromatic carbocycles. The zero-order chi connectivity index (χ0) is 15.0. The Hall–Kier alpha value is -2.21. The first-order valence-corrected chi connectivity index (χ1v) is 6.34. The van der Waals surface area contributed by atoms with Gasteiger partial charge in [0.2, 0.25) is 12.1 Å². The van der Waals surface area contributed by atoms with Crippen molar-refractivity contribution < 1.29 is 14.3 Å². The highest BCUT2D eigenvalue weighted by atomic mass is 16.7. The molecule has 0 aliphatic heterocycles. The number of hydrogen-bond acceptors (Lipinski definition) is 5. The summed E-state index contributed by atoms with van der Waals surface area (Å²) in [4.78, 5) is 12.3. The van der Waals surface area contributed by atoms with Gasteiger partial charge in [0, 0.05) is 13.2 Å². The standard InChI is InChI=1S/C15H16N2O3/c1-3-19-15(20-4-2)14(18)13(10-17)12-7-5-11(9-16)6-8-12/h5-8,13,15H,3-4H2,1-2H3/t13-/m1/s1. The second-order valence-electron chi connectivity index (χ2n) is 3.94. The molecule has 0 fully saturated rings. The Bertz CT molecular complexity index is 520. The molecule has 0 unspecified atom stereocenters. The molecule has 0 spiro atoms. The highest BCUT2D eigenvalue weighted by Gasteiger charge is 2.29. The van der Waals surface area contributed by atoms with Gasteiger partial charge in [-0.05, 0) is 31.5 Å². The molecule has 0 aliphatic carbocycles. The number of Topliss-reactive ketones (excluding diaryl/α,β-unsaturated/α-hetero) is 1. The van der Waals surface area contributed by atoms with Crippen molar-refractivity contribution in [2.45, 2.75) is 26.1 Å². The van der Waals surface area contributed by atoms with Crippen LogP contribution in [0.4, 0.5) is 0 Å². The summed E-state index contributed by atoms with van der Waals surface area (Å²) >= 11 is 0. The average Bonchev–Trinajstić information content (AvgIpc) is 2.48. The van der Waals surface area contributed by atoms with E-state index in [1.54, 1.807) is 38.1 Å². The van der Waals surface area contributed by atoms with Crippen LogP contribution in [0.15, 0.2) is 24.3 Å². The summed E-state index contributed by atoms with van der Waals surface area (Å²) in [6.07, 6.45) is -1.04. The van der Waals surface area contributed by atoms with E-state index in [0.29, 0.717) is 24.3 Å². The van der Waals surface area contributed by atoms with E-state index in [2.05, 4.69) is 0 Å². The Labute approximate surface area is 118 Å². The van der Waals surface area contributed by atoms with Crippen LogP contribution >= 0.6 is 0 Å². The van der Waals surface area contributed by atoms with E-state index in [1.165, 1.54) is 0 Å². The number of benzene rings is 1. The molecule has 20 heavy (non-hydrogen) atoms. The summed E-state index contributed by atoms with van der Waals surface area (Å²) in [5, 5.41) is 18.0. The molecule has 0 N–H and O–H groups in total. The fourth-order valence-corrected chi connectivity index (χ4v) is 1.70. The molecule has 0 aromatic heterocycles. The number of ketones is 1. The largest absolute Gasteiger partial charge is 0.346 e. The van der Waals surface area contributed by atoms with Crippen molar-refractivity contribution >= 4 is 5.78 Å². The van der Waals surface area contributed by atoms with Gasteiger partial charge >= 0.3 is 0 Å². The molecule has 0 saturated heterocycles. The van der Waals surface area contributed by atoms with Crippen molar-refractivity contribution in [1.29, 1.82) is 10.5 Å². The van der Waals surface area contributed by atoms with Gasteiger partial charge in [-0.15, -0.1) is 0 Å². The molecule has 1 aromatic rings. The average molecular weight is 272 g/mol. The molecule has 0 bridgehead atoms. The van der Waals surface area contributed by atoms with E-state index in [4.69, 9.17) is 14.7 Å². The molecule has 5 nitrogen and oxygen atoms in total. The highest BCUT2D eigenvalue weighted by Crippen LogP contribution is 2.20. The van der Waals surface area contributed by atoms with E-state index >= 15 is 0 Å². The number of rotatable bonds is 7. The molecule has 0 amide bonds. The van der Waals surface area contributed by atoms with Gasteiger partial charge in [-0.25, -0.2) is 0 Å². The zero-order valence-electron chi connectivity index (χ0n) is 11.5. The zero-order valence-corrected chi connectivity index (χ0v) is 11.5. The van der Waals surface area contributed by atoms with Crippen LogP contribution in [-0.2, 0) is 14.3 Å². The predicted octanol–water partition coefficient (Wildman–Crippen LogP) is 2.13. The predicted molar refractivity (Wildman–Crippen MR) is 71.6 cm³/mol. The lowest BCUT2D eigenvalue weighted by Gasteiger charge is -2.18. The van der Waals surface area contributed by atoms with Gasteiger partial charge in [-0.3, -0.25) is 4.79 Å². The molecule has 104 valence electrons. The molecule has 1 atom stereocenters. The Morgan fingerprint density at radius 2 is 1.70 bits per heavy atom. The smallest absolute Gasteiger partial charge is 0.219 e. The quantitative estimate of drug-likeness (QED) is 0.710.